The highest BCUT2D eigenvalue weighted by Gasteiger charge is 2.23. The number of ether oxygens (including phenoxy) is 1. The molecule has 0 saturated heterocycles. The van der Waals surface area contributed by atoms with Crippen LogP contribution in [0.1, 0.15) is 23.0 Å². The average Bonchev–Trinajstić information content (AvgIpc) is 3.19. The molecule has 150 valence electrons. The van der Waals surface area contributed by atoms with Crippen molar-refractivity contribution in [2.24, 2.45) is 0 Å². The number of anilines is 1. The van der Waals surface area contributed by atoms with Gasteiger partial charge in [0.25, 0.3) is 5.91 Å². The van der Waals surface area contributed by atoms with Gasteiger partial charge in [-0.25, -0.2) is 22.9 Å². The summed E-state index contributed by atoms with van der Waals surface area (Å²) in [5.41, 5.74) is 1.37. The van der Waals surface area contributed by atoms with Crippen LogP contribution in [0.25, 0.3) is 10.6 Å². The van der Waals surface area contributed by atoms with Gasteiger partial charge in [-0.1, -0.05) is 29.8 Å². The van der Waals surface area contributed by atoms with E-state index < -0.39 is 41.1 Å². The van der Waals surface area contributed by atoms with Crippen molar-refractivity contribution in [1.82, 2.24) is 4.98 Å². The third-order valence-electron chi connectivity index (χ3n) is 3.96. The number of nitrogens with one attached hydrogen (secondary N) is 1. The quantitative estimate of drug-likeness (QED) is 0.479. The summed E-state index contributed by atoms with van der Waals surface area (Å²) in [6.45, 7) is 3.21. The van der Waals surface area contributed by atoms with Gasteiger partial charge in [-0.3, -0.25) is 4.79 Å². The van der Waals surface area contributed by atoms with Gasteiger partial charge in [-0.2, -0.15) is 0 Å². The highest BCUT2D eigenvalue weighted by atomic mass is 32.1. The molecule has 1 N–H and O–H groups in total. The number of hydrogen-bond acceptors (Lipinski definition) is 5. The average molecular weight is 420 g/mol. The Morgan fingerprint density at radius 3 is 2.45 bits per heavy atom. The Morgan fingerprint density at radius 2 is 1.76 bits per heavy atom. The number of carbonyl (C=O) groups is 2. The van der Waals surface area contributed by atoms with E-state index in [1.165, 1.54) is 23.6 Å². The first kappa shape index (κ1) is 20.5. The van der Waals surface area contributed by atoms with E-state index in [2.05, 4.69) is 10.3 Å². The molecule has 29 heavy (non-hydrogen) atoms. The Morgan fingerprint density at radius 1 is 1.07 bits per heavy atom. The number of nitrogens with zero attached hydrogens (tertiary/aromatic N) is 1. The number of aromatic nitrogens is 1. The molecule has 0 aliphatic carbocycles. The summed E-state index contributed by atoms with van der Waals surface area (Å²) >= 11 is 1.24. The minimum absolute atomic E-state index is 0.0178. The second kappa shape index (κ2) is 8.44. The molecular formula is C20H15F3N2O3S. The van der Waals surface area contributed by atoms with Crippen molar-refractivity contribution in [1.29, 1.82) is 0 Å². The predicted molar refractivity (Wildman–Crippen MR) is 102 cm³/mol. The lowest BCUT2D eigenvalue weighted by Crippen LogP contribution is -2.30. The number of amides is 1. The van der Waals surface area contributed by atoms with Crippen LogP contribution >= 0.6 is 11.3 Å². The van der Waals surface area contributed by atoms with Gasteiger partial charge in [0.2, 0.25) is 0 Å². The second-order valence-electron chi connectivity index (χ2n) is 6.16. The normalized spacial score (nSPS) is 11.8. The van der Waals surface area contributed by atoms with E-state index in [0.717, 1.165) is 17.2 Å². The zero-order valence-corrected chi connectivity index (χ0v) is 16.1. The first-order chi connectivity index (χ1) is 13.8. The van der Waals surface area contributed by atoms with Crippen molar-refractivity contribution in [2.45, 2.75) is 20.0 Å². The predicted octanol–water partition coefficient (Wildman–Crippen LogP) is 4.72. The fourth-order valence-corrected chi connectivity index (χ4v) is 3.12. The molecule has 0 fully saturated rings. The summed E-state index contributed by atoms with van der Waals surface area (Å²) in [4.78, 5) is 28.5. The van der Waals surface area contributed by atoms with E-state index in [-0.39, 0.29) is 5.69 Å². The van der Waals surface area contributed by atoms with Crippen LogP contribution in [-0.4, -0.2) is 23.0 Å². The van der Waals surface area contributed by atoms with Crippen LogP contribution in [0.2, 0.25) is 0 Å². The lowest BCUT2D eigenvalue weighted by molar-refractivity contribution is -0.123. The van der Waals surface area contributed by atoms with Gasteiger partial charge in [0.05, 0.1) is 5.69 Å². The lowest BCUT2D eigenvalue weighted by Gasteiger charge is -2.13. The highest BCUT2D eigenvalue weighted by molar-refractivity contribution is 7.13. The molecule has 5 nitrogen and oxygen atoms in total. The maximum atomic E-state index is 13.7. The SMILES string of the molecule is Cc1ccc(-c2nc(C(=O)OC(C)C(=O)Nc3ccc(F)c(F)c3F)cs2)cc1. The smallest absolute Gasteiger partial charge is 0.358 e. The third kappa shape index (κ3) is 4.62. The molecule has 1 unspecified atom stereocenters. The summed E-state index contributed by atoms with van der Waals surface area (Å²) in [5.74, 6) is -6.38. The molecule has 1 heterocycles. The van der Waals surface area contributed by atoms with Crippen LogP contribution in [0.15, 0.2) is 41.8 Å². The van der Waals surface area contributed by atoms with Crippen LogP contribution in [0, 0.1) is 24.4 Å². The summed E-state index contributed by atoms with van der Waals surface area (Å²) in [7, 11) is 0. The van der Waals surface area contributed by atoms with E-state index in [1.807, 2.05) is 31.2 Å². The minimum atomic E-state index is -1.71. The number of halogens is 3. The van der Waals surface area contributed by atoms with Crippen molar-refractivity contribution < 1.29 is 27.5 Å². The molecule has 0 aliphatic rings. The van der Waals surface area contributed by atoms with Crippen molar-refractivity contribution in [3.05, 3.63) is 70.5 Å². The van der Waals surface area contributed by atoms with Crippen LogP contribution in [0.3, 0.4) is 0 Å². The highest BCUT2D eigenvalue weighted by Crippen LogP contribution is 2.25. The number of carbonyl (C=O) groups excluding carboxylic acids is 2. The molecule has 1 aromatic heterocycles. The van der Waals surface area contributed by atoms with Crippen LogP contribution < -0.4 is 5.32 Å². The van der Waals surface area contributed by atoms with Crippen molar-refractivity contribution in [2.75, 3.05) is 5.32 Å². The molecule has 1 amide bonds. The lowest BCUT2D eigenvalue weighted by atomic mass is 10.2. The van der Waals surface area contributed by atoms with Crippen LogP contribution in [-0.2, 0) is 9.53 Å². The summed E-state index contributed by atoms with van der Waals surface area (Å²) in [6.07, 6.45) is -1.32. The Balaban J connectivity index is 1.65. The van der Waals surface area contributed by atoms with E-state index in [1.54, 1.807) is 0 Å². The number of thiazole rings is 1. The molecule has 3 aromatic rings. The fraction of sp³-hybridized carbons (Fsp3) is 0.150. The van der Waals surface area contributed by atoms with E-state index in [4.69, 9.17) is 4.74 Å². The maximum absolute atomic E-state index is 13.7. The summed E-state index contributed by atoms with van der Waals surface area (Å²) < 4.78 is 44.9. The Kier molecular flexibility index (Phi) is 5.97. The molecule has 3 rings (SSSR count). The molecule has 0 saturated carbocycles. The van der Waals surface area contributed by atoms with E-state index in [9.17, 15) is 22.8 Å². The van der Waals surface area contributed by atoms with Gasteiger partial charge >= 0.3 is 5.97 Å². The zero-order chi connectivity index (χ0) is 21.1. The van der Waals surface area contributed by atoms with Gasteiger partial charge in [0.1, 0.15) is 5.01 Å². The maximum Gasteiger partial charge on any atom is 0.358 e. The molecule has 9 heteroatoms. The third-order valence-corrected chi connectivity index (χ3v) is 4.85. The van der Waals surface area contributed by atoms with Crippen molar-refractivity contribution >= 4 is 28.9 Å². The molecule has 0 spiro atoms. The van der Waals surface area contributed by atoms with Crippen LogP contribution in [0.5, 0.6) is 0 Å². The fourth-order valence-electron chi connectivity index (χ4n) is 2.33. The molecule has 1 atom stereocenters. The Labute approximate surface area is 168 Å². The van der Waals surface area contributed by atoms with Crippen LogP contribution in [0.4, 0.5) is 18.9 Å². The monoisotopic (exact) mass is 420 g/mol. The van der Waals surface area contributed by atoms with Crippen molar-refractivity contribution in [3.63, 3.8) is 0 Å². The Hall–Kier alpha value is -3.20. The number of benzene rings is 2. The van der Waals surface area contributed by atoms with Gasteiger partial charge in [-0.15, -0.1) is 11.3 Å². The molecular weight excluding hydrogens is 405 g/mol. The molecule has 0 aliphatic heterocycles. The molecule has 2 aromatic carbocycles. The minimum Gasteiger partial charge on any atom is -0.448 e. The number of aryl methyl sites for hydroxylation is 1. The topological polar surface area (TPSA) is 68.3 Å². The van der Waals surface area contributed by atoms with Gasteiger partial charge < -0.3 is 10.1 Å². The van der Waals surface area contributed by atoms with Gasteiger partial charge in [0.15, 0.2) is 29.2 Å². The van der Waals surface area contributed by atoms with Crippen molar-refractivity contribution in [3.8, 4) is 10.6 Å². The number of esters is 1. The Bertz CT molecular complexity index is 1070. The molecule has 0 bridgehead atoms. The first-order valence-electron chi connectivity index (χ1n) is 8.44. The zero-order valence-electron chi connectivity index (χ0n) is 15.3. The first-order valence-corrected chi connectivity index (χ1v) is 9.32. The second-order valence-corrected chi connectivity index (χ2v) is 7.02. The summed E-state index contributed by atoms with van der Waals surface area (Å²) in [6, 6.07) is 9.11. The molecule has 0 radical (unpaired) electrons. The van der Waals surface area contributed by atoms with Gasteiger partial charge in [-0.05, 0) is 26.0 Å². The van der Waals surface area contributed by atoms with Gasteiger partial charge in [0, 0.05) is 10.9 Å². The van der Waals surface area contributed by atoms with E-state index >= 15 is 0 Å². The standard InChI is InChI=1S/C20H15F3N2O3S/c1-10-3-5-12(6-4-10)19-25-15(9-29-19)20(27)28-11(2)18(26)24-14-8-7-13(21)16(22)17(14)23/h3-9,11H,1-2H3,(H,24,26). The largest absolute Gasteiger partial charge is 0.448 e. The van der Waals surface area contributed by atoms with E-state index in [0.29, 0.717) is 11.1 Å². The number of rotatable bonds is 5. The number of hydrogen-bond donors (Lipinski definition) is 1. The summed E-state index contributed by atoms with van der Waals surface area (Å²) in [5, 5.41) is 4.16.